The van der Waals surface area contributed by atoms with E-state index >= 15 is 0 Å². The van der Waals surface area contributed by atoms with Gasteiger partial charge in [-0.2, -0.15) is 0 Å². The fraction of sp³-hybridized carbons (Fsp3) is 0.444. The first kappa shape index (κ1) is 17.7. The quantitative estimate of drug-likeness (QED) is 0.670. The third kappa shape index (κ3) is 4.95. The number of carbonyl (C=O) groups excluding carboxylic acids is 1. The molecule has 3 nitrogen and oxygen atoms in total. The van der Waals surface area contributed by atoms with Crippen molar-refractivity contribution in [1.29, 1.82) is 0 Å². The van der Waals surface area contributed by atoms with Gasteiger partial charge in [0.1, 0.15) is 0 Å². The normalized spacial score (nSPS) is 14.9. The molecule has 1 N–H and O–H groups in total. The molecule has 2 aromatic rings. The van der Waals surface area contributed by atoms with Crippen LogP contribution in [0.3, 0.4) is 0 Å². The molecule has 3 rings (SSSR count). The molecule has 0 unspecified atom stereocenters. The van der Waals surface area contributed by atoms with Crippen LogP contribution in [-0.2, 0) is 11.2 Å². The van der Waals surface area contributed by atoms with Crippen LogP contribution in [0.15, 0.2) is 24.4 Å². The van der Waals surface area contributed by atoms with E-state index in [1.54, 1.807) is 12.3 Å². The lowest BCUT2D eigenvalue weighted by Gasteiger charge is -2.07. The standard InChI is InChI=1S/C18H20Cl2N2OS/c19-15-7-5-13(10-16(15)20)9-14-11-21-18(24-14)22-17(23)8-6-12-3-1-2-4-12/h5,7,10-12H,1-4,6,8-9H2,(H,21,22,23). The molecule has 1 saturated carbocycles. The van der Waals surface area contributed by atoms with Crippen molar-refractivity contribution in [2.45, 2.75) is 44.9 Å². The summed E-state index contributed by atoms with van der Waals surface area (Å²) in [6.45, 7) is 0. The Morgan fingerprint density at radius 2 is 2.04 bits per heavy atom. The van der Waals surface area contributed by atoms with Crippen LogP contribution in [0.25, 0.3) is 0 Å². The number of halogens is 2. The van der Waals surface area contributed by atoms with Gasteiger partial charge in [0.15, 0.2) is 5.13 Å². The van der Waals surface area contributed by atoms with Crippen molar-refractivity contribution < 1.29 is 4.79 Å². The predicted molar refractivity (Wildman–Crippen MR) is 101 cm³/mol. The molecule has 1 aromatic carbocycles. The molecule has 1 aliphatic rings. The van der Waals surface area contributed by atoms with Gasteiger partial charge in [-0.25, -0.2) is 4.98 Å². The van der Waals surface area contributed by atoms with Crippen molar-refractivity contribution in [2.75, 3.05) is 5.32 Å². The summed E-state index contributed by atoms with van der Waals surface area (Å²) >= 11 is 13.5. The van der Waals surface area contributed by atoms with Crippen molar-refractivity contribution in [3.8, 4) is 0 Å². The van der Waals surface area contributed by atoms with Gasteiger partial charge in [0.2, 0.25) is 5.91 Å². The second-order valence-corrected chi connectivity index (χ2v) is 8.22. The van der Waals surface area contributed by atoms with Gasteiger partial charge in [0.05, 0.1) is 10.0 Å². The molecule has 1 heterocycles. The Hall–Kier alpha value is -1.10. The Kier molecular flexibility index (Phi) is 6.14. The predicted octanol–water partition coefficient (Wildman–Crippen LogP) is 5.95. The van der Waals surface area contributed by atoms with E-state index < -0.39 is 0 Å². The summed E-state index contributed by atoms with van der Waals surface area (Å²) in [5.74, 6) is 0.801. The molecular formula is C18H20Cl2N2OS. The highest BCUT2D eigenvalue weighted by Gasteiger charge is 2.16. The Labute approximate surface area is 156 Å². The number of nitrogens with one attached hydrogen (secondary N) is 1. The van der Waals surface area contributed by atoms with Crippen molar-refractivity contribution in [3.05, 3.63) is 44.9 Å². The van der Waals surface area contributed by atoms with Crippen molar-refractivity contribution >= 4 is 45.6 Å². The van der Waals surface area contributed by atoms with Crippen LogP contribution >= 0.6 is 34.5 Å². The summed E-state index contributed by atoms with van der Waals surface area (Å²) in [6.07, 6.45) is 9.30. The lowest BCUT2D eigenvalue weighted by molar-refractivity contribution is -0.116. The zero-order valence-corrected chi connectivity index (χ0v) is 15.7. The molecule has 0 atom stereocenters. The van der Waals surface area contributed by atoms with Crippen molar-refractivity contribution in [2.24, 2.45) is 5.92 Å². The number of hydrogen-bond donors (Lipinski definition) is 1. The highest BCUT2D eigenvalue weighted by Crippen LogP contribution is 2.29. The molecule has 0 saturated heterocycles. The summed E-state index contributed by atoms with van der Waals surface area (Å²) in [7, 11) is 0. The topological polar surface area (TPSA) is 42.0 Å². The van der Waals surface area contributed by atoms with Crippen LogP contribution in [0.1, 0.15) is 49.0 Å². The third-order valence-electron chi connectivity index (χ3n) is 4.42. The average Bonchev–Trinajstić information content (AvgIpc) is 3.21. The maximum absolute atomic E-state index is 12.0. The summed E-state index contributed by atoms with van der Waals surface area (Å²) < 4.78 is 0. The molecule has 1 amide bonds. The van der Waals surface area contributed by atoms with Gasteiger partial charge in [0.25, 0.3) is 0 Å². The number of hydrogen-bond acceptors (Lipinski definition) is 3. The molecule has 0 radical (unpaired) electrons. The van der Waals surface area contributed by atoms with Crippen LogP contribution in [-0.4, -0.2) is 10.9 Å². The van der Waals surface area contributed by atoms with E-state index in [-0.39, 0.29) is 5.91 Å². The molecule has 0 aliphatic heterocycles. The van der Waals surface area contributed by atoms with Gasteiger partial charge in [-0.15, -0.1) is 11.3 Å². The van der Waals surface area contributed by atoms with Gasteiger partial charge in [-0.1, -0.05) is 55.0 Å². The summed E-state index contributed by atoms with van der Waals surface area (Å²) in [5.41, 5.74) is 1.08. The lowest BCUT2D eigenvalue weighted by atomic mass is 10.0. The minimum atomic E-state index is 0.0670. The lowest BCUT2D eigenvalue weighted by Crippen LogP contribution is -2.12. The van der Waals surface area contributed by atoms with E-state index in [1.165, 1.54) is 37.0 Å². The first-order valence-corrected chi connectivity index (χ1v) is 9.86. The van der Waals surface area contributed by atoms with Gasteiger partial charge < -0.3 is 5.32 Å². The maximum Gasteiger partial charge on any atom is 0.226 e. The summed E-state index contributed by atoms with van der Waals surface area (Å²) in [4.78, 5) is 17.4. The number of benzene rings is 1. The van der Waals surface area contributed by atoms with Crippen molar-refractivity contribution in [1.82, 2.24) is 4.98 Å². The van der Waals surface area contributed by atoms with E-state index in [4.69, 9.17) is 23.2 Å². The Balaban J connectivity index is 1.51. The second-order valence-electron chi connectivity index (χ2n) is 6.29. The van der Waals surface area contributed by atoms with E-state index in [0.717, 1.165) is 29.2 Å². The van der Waals surface area contributed by atoms with E-state index in [1.807, 2.05) is 12.1 Å². The van der Waals surface area contributed by atoms with Crippen LogP contribution in [0, 0.1) is 5.92 Å². The number of carbonyl (C=O) groups is 1. The Morgan fingerprint density at radius 3 is 2.79 bits per heavy atom. The maximum atomic E-state index is 12.0. The molecule has 0 bridgehead atoms. The van der Waals surface area contributed by atoms with Crippen molar-refractivity contribution in [3.63, 3.8) is 0 Å². The van der Waals surface area contributed by atoms with E-state index in [9.17, 15) is 4.79 Å². The Morgan fingerprint density at radius 1 is 1.25 bits per heavy atom. The largest absolute Gasteiger partial charge is 0.302 e. The first-order chi connectivity index (χ1) is 11.6. The molecule has 0 spiro atoms. The minimum absolute atomic E-state index is 0.0670. The van der Waals surface area contributed by atoms with E-state index in [2.05, 4.69) is 10.3 Å². The Bertz CT molecular complexity index is 711. The smallest absolute Gasteiger partial charge is 0.226 e. The fourth-order valence-corrected chi connectivity index (χ4v) is 4.30. The molecule has 24 heavy (non-hydrogen) atoms. The van der Waals surface area contributed by atoms with Crippen LogP contribution < -0.4 is 5.32 Å². The molecular weight excluding hydrogens is 363 g/mol. The molecule has 1 fully saturated rings. The fourth-order valence-electron chi connectivity index (χ4n) is 3.11. The highest BCUT2D eigenvalue weighted by molar-refractivity contribution is 7.15. The number of aromatic nitrogens is 1. The number of rotatable bonds is 6. The van der Waals surface area contributed by atoms with Crippen LogP contribution in [0.4, 0.5) is 5.13 Å². The van der Waals surface area contributed by atoms with E-state index in [0.29, 0.717) is 21.6 Å². The van der Waals surface area contributed by atoms with Gasteiger partial charge >= 0.3 is 0 Å². The monoisotopic (exact) mass is 382 g/mol. The minimum Gasteiger partial charge on any atom is -0.302 e. The van der Waals surface area contributed by atoms with Gasteiger partial charge in [0, 0.05) is 23.9 Å². The zero-order valence-electron chi connectivity index (χ0n) is 13.4. The molecule has 6 heteroatoms. The average molecular weight is 383 g/mol. The van der Waals surface area contributed by atoms with Gasteiger partial charge in [-0.05, 0) is 30.0 Å². The first-order valence-electron chi connectivity index (χ1n) is 8.28. The SMILES string of the molecule is O=C(CCC1CCCC1)Nc1ncc(Cc2ccc(Cl)c(Cl)c2)s1. The zero-order chi connectivity index (χ0) is 16.9. The highest BCUT2D eigenvalue weighted by atomic mass is 35.5. The summed E-state index contributed by atoms with van der Waals surface area (Å²) in [6, 6.07) is 5.61. The van der Waals surface area contributed by atoms with Gasteiger partial charge in [-0.3, -0.25) is 4.79 Å². The molecule has 128 valence electrons. The summed E-state index contributed by atoms with van der Waals surface area (Å²) in [5, 5.41) is 4.69. The second kappa shape index (κ2) is 8.32. The van der Waals surface area contributed by atoms with Crippen LogP contribution in [0.2, 0.25) is 10.0 Å². The number of thiazole rings is 1. The third-order valence-corrected chi connectivity index (χ3v) is 6.07. The number of nitrogens with zero attached hydrogens (tertiary/aromatic N) is 1. The number of anilines is 1. The molecule has 1 aliphatic carbocycles. The van der Waals surface area contributed by atoms with Crippen LogP contribution in [0.5, 0.6) is 0 Å². The number of amides is 1. The molecule has 1 aromatic heterocycles.